The maximum atomic E-state index is 5.53. The molecular formula is C14H17N5O2. The number of fused-ring (bicyclic) bond motifs is 1. The average Bonchev–Trinajstić information content (AvgIpc) is 3.11. The van der Waals surface area contributed by atoms with E-state index in [2.05, 4.69) is 15.0 Å². The molecule has 0 fully saturated rings. The number of H-pyrrole nitrogens is 1. The lowest BCUT2D eigenvalue weighted by Crippen LogP contribution is -2.07. The van der Waals surface area contributed by atoms with E-state index in [4.69, 9.17) is 15.2 Å². The van der Waals surface area contributed by atoms with Gasteiger partial charge >= 0.3 is 0 Å². The van der Waals surface area contributed by atoms with Crippen molar-refractivity contribution in [1.82, 2.24) is 19.5 Å². The minimum Gasteiger partial charge on any atom is -0.493 e. The highest BCUT2D eigenvalue weighted by molar-refractivity contribution is 5.82. The second-order valence-electron chi connectivity index (χ2n) is 4.60. The largest absolute Gasteiger partial charge is 0.493 e. The molecule has 0 saturated heterocycles. The molecule has 0 aliphatic heterocycles. The first-order valence-electron chi connectivity index (χ1n) is 6.59. The molecule has 0 bridgehead atoms. The third-order valence-electron chi connectivity index (χ3n) is 3.25. The van der Waals surface area contributed by atoms with Crippen LogP contribution in [0, 0.1) is 0 Å². The summed E-state index contributed by atoms with van der Waals surface area (Å²) in [5.41, 5.74) is 7.98. The van der Waals surface area contributed by atoms with Gasteiger partial charge in [0, 0.05) is 31.4 Å². The molecule has 3 N–H and O–H groups in total. The monoisotopic (exact) mass is 287 g/mol. The number of methoxy groups -OCH3 is 2. The summed E-state index contributed by atoms with van der Waals surface area (Å²) in [6.07, 6.45) is 3.66. The van der Waals surface area contributed by atoms with Crippen LogP contribution in [-0.4, -0.2) is 40.3 Å². The highest BCUT2D eigenvalue weighted by Crippen LogP contribution is 2.32. The molecule has 0 spiro atoms. The Kier molecular flexibility index (Phi) is 3.49. The summed E-state index contributed by atoms with van der Waals surface area (Å²) in [5.74, 6) is 2.02. The van der Waals surface area contributed by atoms with E-state index in [1.54, 1.807) is 20.5 Å². The van der Waals surface area contributed by atoms with Crippen molar-refractivity contribution in [3.8, 4) is 23.0 Å². The molecule has 0 aliphatic carbocycles. The Morgan fingerprint density at radius 1 is 1.24 bits per heavy atom. The molecule has 0 atom stereocenters. The number of hydrogen-bond donors (Lipinski definition) is 2. The first-order valence-corrected chi connectivity index (χ1v) is 6.59. The van der Waals surface area contributed by atoms with Gasteiger partial charge in [0.05, 0.1) is 31.6 Å². The Labute approximate surface area is 121 Å². The maximum Gasteiger partial charge on any atom is 0.163 e. The first-order chi connectivity index (χ1) is 10.2. The van der Waals surface area contributed by atoms with Gasteiger partial charge in [-0.1, -0.05) is 0 Å². The van der Waals surface area contributed by atoms with Crippen LogP contribution in [0.1, 0.15) is 0 Å². The van der Waals surface area contributed by atoms with Gasteiger partial charge < -0.3 is 24.8 Å². The second kappa shape index (κ2) is 5.45. The van der Waals surface area contributed by atoms with E-state index in [0.717, 1.165) is 23.3 Å². The van der Waals surface area contributed by atoms with E-state index in [9.17, 15) is 0 Å². The molecule has 0 aliphatic rings. The Balaban J connectivity index is 2.03. The SMILES string of the molecule is COc1cc2nc(-c3cn(CCN)cn3)[nH]c2cc1OC. The van der Waals surface area contributed by atoms with E-state index in [0.29, 0.717) is 23.9 Å². The van der Waals surface area contributed by atoms with Crippen LogP contribution in [0.2, 0.25) is 0 Å². The minimum absolute atomic E-state index is 0.574. The predicted octanol–water partition coefficient (Wildman–Crippen LogP) is 1.40. The van der Waals surface area contributed by atoms with Crippen LogP contribution in [0.4, 0.5) is 0 Å². The summed E-state index contributed by atoms with van der Waals surface area (Å²) in [7, 11) is 3.21. The summed E-state index contributed by atoms with van der Waals surface area (Å²) >= 11 is 0. The number of ether oxygens (including phenoxy) is 2. The Morgan fingerprint density at radius 2 is 2.00 bits per heavy atom. The highest BCUT2D eigenvalue weighted by atomic mass is 16.5. The fraction of sp³-hybridized carbons (Fsp3) is 0.286. The van der Waals surface area contributed by atoms with Crippen molar-refractivity contribution >= 4 is 11.0 Å². The minimum atomic E-state index is 0.574. The fourth-order valence-corrected chi connectivity index (χ4v) is 2.21. The van der Waals surface area contributed by atoms with Crippen molar-refractivity contribution in [2.24, 2.45) is 5.73 Å². The zero-order chi connectivity index (χ0) is 14.8. The van der Waals surface area contributed by atoms with Gasteiger partial charge in [-0.05, 0) is 0 Å². The molecule has 2 aromatic heterocycles. The third kappa shape index (κ3) is 2.43. The zero-order valence-electron chi connectivity index (χ0n) is 12.0. The van der Waals surface area contributed by atoms with Gasteiger partial charge in [-0.25, -0.2) is 9.97 Å². The standard InChI is InChI=1S/C14H17N5O2/c1-20-12-5-9-10(6-13(12)21-2)18-14(17-9)11-7-19(4-3-15)8-16-11/h5-8H,3-4,15H2,1-2H3,(H,17,18). The van der Waals surface area contributed by atoms with Crippen LogP contribution in [0.25, 0.3) is 22.6 Å². The van der Waals surface area contributed by atoms with Crippen LogP contribution in [0.15, 0.2) is 24.7 Å². The molecule has 0 unspecified atom stereocenters. The molecule has 0 amide bonds. The number of rotatable bonds is 5. The summed E-state index contributed by atoms with van der Waals surface area (Å²) < 4.78 is 12.5. The number of aromatic amines is 1. The van der Waals surface area contributed by atoms with Crippen molar-refractivity contribution in [3.05, 3.63) is 24.7 Å². The van der Waals surface area contributed by atoms with Crippen LogP contribution in [0.5, 0.6) is 11.5 Å². The smallest absolute Gasteiger partial charge is 0.163 e. The quantitative estimate of drug-likeness (QED) is 0.740. The number of hydrogen-bond acceptors (Lipinski definition) is 5. The Bertz CT molecular complexity index is 721. The van der Waals surface area contributed by atoms with E-state index < -0.39 is 0 Å². The molecule has 7 heteroatoms. The van der Waals surface area contributed by atoms with Gasteiger partial charge in [-0.3, -0.25) is 0 Å². The number of nitrogens with two attached hydrogens (primary N) is 1. The fourth-order valence-electron chi connectivity index (χ4n) is 2.21. The molecule has 0 radical (unpaired) electrons. The summed E-state index contributed by atoms with van der Waals surface area (Å²) in [6, 6.07) is 3.70. The molecule has 7 nitrogen and oxygen atoms in total. The third-order valence-corrected chi connectivity index (χ3v) is 3.25. The zero-order valence-corrected chi connectivity index (χ0v) is 12.0. The second-order valence-corrected chi connectivity index (χ2v) is 4.60. The molecule has 1 aromatic carbocycles. The average molecular weight is 287 g/mol. The van der Waals surface area contributed by atoms with Crippen LogP contribution in [-0.2, 0) is 6.54 Å². The molecular weight excluding hydrogens is 270 g/mol. The Hall–Kier alpha value is -2.54. The van der Waals surface area contributed by atoms with E-state index >= 15 is 0 Å². The molecule has 3 rings (SSSR count). The predicted molar refractivity (Wildman–Crippen MR) is 79.5 cm³/mol. The first kappa shape index (κ1) is 13.4. The van der Waals surface area contributed by atoms with Crippen molar-refractivity contribution < 1.29 is 9.47 Å². The van der Waals surface area contributed by atoms with Crippen molar-refractivity contribution in [2.75, 3.05) is 20.8 Å². The number of nitrogens with zero attached hydrogens (tertiary/aromatic N) is 3. The van der Waals surface area contributed by atoms with Crippen LogP contribution < -0.4 is 15.2 Å². The van der Waals surface area contributed by atoms with Gasteiger partial charge in [0.15, 0.2) is 17.3 Å². The van der Waals surface area contributed by atoms with E-state index in [-0.39, 0.29) is 0 Å². The van der Waals surface area contributed by atoms with Crippen molar-refractivity contribution in [2.45, 2.75) is 6.54 Å². The lowest BCUT2D eigenvalue weighted by Gasteiger charge is -2.06. The van der Waals surface area contributed by atoms with E-state index in [1.165, 1.54) is 0 Å². The lowest BCUT2D eigenvalue weighted by molar-refractivity contribution is 0.356. The number of aromatic nitrogens is 4. The van der Waals surface area contributed by atoms with Gasteiger partial charge in [0.25, 0.3) is 0 Å². The van der Waals surface area contributed by atoms with Gasteiger partial charge in [-0.2, -0.15) is 0 Å². The molecule has 3 aromatic rings. The molecule has 0 saturated carbocycles. The lowest BCUT2D eigenvalue weighted by atomic mass is 10.3. The van der Waals surface area contributed by atoms with Crippen LogP contribution in [0.3, 0.4) is 0 Å². The normalized spacial score (nSPS) is 11.0. The molecule has 2 heterocycles. The maximum absolute atomic E-state index is 5.53. The summed E-state index contributed by atoms with van der Waals surface area (Å²) in [4.78, 5) is 12.1. The molecule has 21 heavy (non-hydrogen) atoms. The van der Waals surface area contributed by atoms with Crippen LogP contribution >= 0.6 is 0 Å². The van der Waals surface area contributed by atoms with Gasteiger partial charge in [-0.15, -0.1) is 0 Å². The number of imidazole rings is 2. The van der Waals surface area contributed by atoms with Gasteiger partial charge in [0.2, 0.25) is 0 Å². The van der Waals surface area contributed by atoms with E-state index in [1.807, 2.05) is 22.9 Å². The Morgan fingerprint density at radius 3 is 2.71 bits per heavy atom. The van der Waals surface area contributed by atoms with Crippen molar-refractivity contribution in [3.63, 3.8) is 0 Å². The highest BCUT2D eigenvalue weighted by Gasteiger charge is 2.12. The number of nitrogens with one attached hydrogen (secondary N) is 1. The molecule has 110 valence electrons. The topological polar surface area (TPSA) is 91.0 Å². The summed E-state index contributed by atoms with van der Waals surface area (Å²) in [6.45, 7) is 1.30. The number of benzene rings is 1. The summed E-state index contributed by atoms with van der Waals surface area (Å²) in [5, 5.41) is 0. The van der Waals surface area contributed by atoms with Crippen molar-refractivity contribution in [1.29, 1.82) is 0 Å². The van der Waals surface area contributed by atoms with Gasteiger partial charge in [0.1, 0.15) is 5.69 Å².